The highest BCUT2D eigenvalue weighted by Crippen LogP contribution is 2.23. The van der Waals surface area contributed by atoms with Crippen LogP contribution in [0.1, 0.15) is 27.2 Å². The van der Waals surface area contributed by atoms with E-state index in [1.54, 1.807) is 0 Å². The lowest BCUT2D eigenvalue weighted by atomic mass is 10.1. The predicted molar refractivity (Wildman–Crippen MR) is 57.7 cm³/mol. The van der Waals surface area contributed by atoms with Crippen LogP contribution in [0.2, 0.25) is 0 Å². The van der Waals surface area contributed by atoms with Gasteiger partial charge in [0.15, 0.2) is 0 Å². The number of hydrogen-bond acceptors (Lipinski definition) is 4. The Morgan fingerprint density at radius 3 is 1.55 bits per heavy atom. The normalized spacial score (nSPS) is 13.3. The molecule has 20 heavy (non-hydrogen) atoms. The van der Waals surface area contributed by atoms with Gasteiger partial charge in [0.05, 0.1) is 0 Å². The number of carbonyl (C=O) groups excluding carboxylic acids is 1. The molecular formula is C8H14F6N2O3S. The molecule has 0 saturated heterocycles. The number of rotatable bonds is 2. The molecule has 0 radical (unpaired) electrons. The molecule has 3 N–H and O–H groups in total. The molecule has 0 fully saturated rings. The maximum Gasteiger partial charge on any atom is 0.516 e. The van der Waals surface area contributed by atoms with Gasteiger partial charge in [0.25, 0.3) is 0 Å². The molecule has 0 aliphatic heterocycles. The van der Waals surface area contributed by atoms with Crippen LogP contribution in [-0.4, -0.2) is 31.5 Å². The van der Waals surface area contributed by atoms with E-state index < -0.39 is 27.6 Å². The largest absolute Gasteiger partial charge is 0.516 e. The number of sulfonamides is 1. The summed E-state index contributed by atoms with van der Waals surface area (Å²) in [5.74, 6) is -3.20. The molecule has 0 aromatic rings. The standard InChI is InChI=1S/C5H13N.C3HF6NO3S/c1-4-5(2,3)6;4-2(5,6)1(11)10-14(12,13)3(7,8)9/h4,6H2,1-3H3;(H,10,11). The Kier molecular flexibility index (Phi) is 7.03. The van der Waals surface area contributed by atoms with Gasteiger partial charge < -0.3 is 5.73 Å². The first-order chi connectivity index (χ1) is 8.44. The van der Waals surface area contributed by atoms with Crippen molar-refractivity contribution in [3.05, 3.63) is 0 Å². The topological polar surface area (TPSA) is 89.3 Å². The van der Waals surface area contributed by atoms with Crippen LogP contribution in [0.3, 0.4) is 0 Å². The van der Waals surface area contributed by atoms with E-state index in [1.165, 1.54) is 0 Å². The van der Waals surface area contributed by atoms with Crippen molar-refractivity contribution in [2.45, 2.75) is 44.4 Å². The minimum absolute atomic E-state index is 0.0417. The van der Waals surface area contributed by atoms with Crippen molar-refractivity contribution in [1.82, 2.24) is 4.72 Å². The van der Waals surface area contributed by atoms with Crippen LogP contribution in [0, 0.1) is 0 Å². The molecule has 0 aromatic carbocycles. The van der Waals surface area contributed by atoms with Gasteiger partial charge in [-0.2, -0.15) is 34.8 Å². The van der Waals surface area contributed by atoms with Crippen LogP contribution < -0.4 is 10.5 Å². The van der Waals surface area contributed by atoms with Crippen molar-refractivity contribution < 1.29 is 39.6 Å². The minimum Gasteiger partial charge on any atom is -0.326 e. The predicted octanol–water partition coefficient (Wildman–Crippen LogP) is 1.65. The Labute approximate surface area is 111 Å². The van der Waals surface area contributed by atoms with Crippen molar-refractivity contribution in [3.8, 4) is 0 Å². The Balaban J connectivity index is 0. The molecule has 5 nitrogen and oxygen atoms in total. The summed E-state index contributed by atoms with van der Waals surface area (Å²) >= 11 is 0. The number of amides is 1. The maximum absolute atomic E-state index is 11.4. The zero-order valence-corrected chi connectivity index (χ0v) is 11.5. The summed E-state index contributed by atoms with van der Waals surface area (Å²) in [6, 6.07) is 0. The van der Waals surface area contributed by atoms with Gasteiger partial charge in [0.2, 0.25) is 0 Å². The molecular weight excluding hydrogens is 318 g/mol. The molecule has 0 rings (SSSR count). The van der Waals surface area contributed by atoms with Crippen LogP contribution in [0.25, 0.3) is 0 Å². The number of nitrogens with one attached hydrogen (secondary N) is 1. The number of alkyl halides is 6. The van der Waals surface area contributed by atoms with Crippen molar-refractivity contribution in [2.75, 3.05) is 0 Å². The van der Waals surface area contributed by atoms with Crippen LogP contribution in [-0.2, 0) is 14.8 Å². The average Bonchev–Trinajstić information content (AvgIpc) is 2.13. The first kappa shape index (κ1) is 21.3. The van der Waals surface area contributed by atoms with Crippen molar-refractivity contribution in [3.63, 3.8) is 0 Å². The lowest BCUT2D eigenvalue weighted by molar-refractivity contribution is -0.171. The first-order valence-electron chi connectivity index (χ1n) is 4.93. The Hall–Kier alpha value is -1.04. The molecule has 0 atom stereocenters. The first-order valence-corrected chi connectivity index (χ1v) is 6.41. The van der Waals surface area contributed by atoms with Gasteiger partial charge in [-0.15, -0.1) is 0 Å². The quantitative estimate of drug-likeness (QED) is 0.753. The number of nitrogens with two attached hydrogens (primary N) is 1. The van der Waals surface area contributed by atoms with Crippen molar-refractivity contribution in [1.29, 1.82) is 0 Å². The van der Waals surface area contributed by atoms with Gasteiger partial charge in [-0.05, 0) is 20.3 Å². The minimum atomic E-state index is -6.30. The van der Waals surface area contributed by atoms with Gasteiger partial charge in [-0.25, -0.2) is 4.72 Å². The van der Waals surface area contributed by atoms with E-state index in [9.17, 15) is 39.6 Å². The Morgan fingerprint density at radius 1 is 1.10 bits per heavy atom. The molecule has 0 aromatic heterocycles. The summed E-state index contributed by atoms with van der Waals surface area (Å²) in [5, 5.41) is 0. The monoisotopic (exact) mass is 332 g/mol. The zero-order chi connectivity index (χ0) is 17.0. The average molecular weight is 332 g/mol. The second kappa shape index (κ2) is 6.61. The van der Waals surface area contributed by atoms with Gasteiger partial charge in [0.1, 0.15) is 0 Å². The molecule has 0 saturated carbocycles. The van der Waals surface area contributed by atoms with Gasteiger partial charge in [-0.3, -0.25) is 4.79 Å². The smallest absolute Gasteiger partial charge is 0.326 e. The molecule has 0 aliphatic rings. The van der Waals surface area contributed by atoms with E-state index in [-0.39, 0.29) is 10.3 Å². The fraction of sp³-hybridized carbons (Fsp3) is 0.875. The lowest BCUT2D eigenvalue weighted by Gasteiger charge is -2.13. The maximum atomic E-state index is 11.4. The third kappa shape index (κ3) is 8.96. The van der Waals surface area contributed by atoms with Crippen LogP contribution in [0.5, 0.6) is 0 Å². The van der Waals surface area contributed by atoms with Crippen LogP contribution in [0.15, 0.2) is 0 Å². The van der Waals surface area contributed by atoms with E-state index in [0.717, 1.165) is 6.42 Å². The van der Waals surface area contributed by atoms with E-state index in [1.807, 2.05) is 13.8 Å². The van der Waals surface area contributed by atoms with Crippen molar-refractivity contribution >= 4 is 15.9 Å². The Bertz CT molecular complexity index is 421. The fourth-order valence-electron chi connectivity index (χ4n) is 0.238. The van der Waals surface area contributed by atoms with E-state index >= 15 is 0 Å². The summed E-state index contributed by atoms with van der Waals surface area (Å²) in [6.07, 6.45) is -4.65. The lowest BCUT2D eigenvalue weighted by Crippen LogP contribution is -2.46. The van der Waals surface area contributed by atoms with E-state index in [4.69, 9.17) is 5.73 Å². The molecule has 0 spiro atoms. The zero-order valence-electron chi connectivity index (χ0n) is 10.7. The number of hydrogen-bond donors (Lipinski definition) is 2. The van der Waals surface area contributed by atoms with Gasteiger partial charge in [-0.1, -0.05) is 6.92 Å². The molecule has 0 unspecified atom stereocenters. The summed E-state index contributed by atoms with van der Waals surface area (Å²) < 4.78 is 87.9. The highest BCUT2D eigenvalue weighted by Gasteiger charge is 2.51. The second-order valence-electron chi connectivity index (χ2n) is 4.22. The molecule has 0 bridgehead atoms. The Morgan fingerprint density at radius 2 is 1.40 bits per heavy atom. The SMILES string of the molecule is CCC(C)(C)N.O=C(NS(=O)(=O)C(F)(F)F)C(F)(F)F. The third-order valence-corrected chi connectivity index (χ3v) is 2.76. The van der Waals surface area contributed by atoms with E-state index in [2.05, 4.69) is 6.92 Å². The molecule has 0 aliphatic carbocycles. The van der Waals surface area contributed by atoms with Crippen LogP contribution in [0.4, 0.5) is 26.3 Å². The summed E-state index contributed by atoms with van der Waals surface area (Å²) in [4.78, 5) is 9.81. The van der Waals surface area contributed by atoms with Crippen LogP contribution >= 0.6 is 0 Å². The molecule has 12 heteroatoms. The number of carbonyl (C=O) groups is 1. The summed E-state index contributed by atoms with van der Waals surface area (Å²) in [6.45, 7) is 6.12. The van der Waals surface area contributed by atoms with E-state index in [0.29, 0.717) is 0 Å². The number of halogens is 6. The summed E-state index contributed by atoms with van der Waals surface area (Å²) in [5.41, 5.74) is -0.388. The second-order valence-corrected chi connectivity index (χ2v) is 5.89. The van der Waals surface area contributed by atoms with Gasteiger partial charge in [0, 0.05) is 5.54 Å². The van der Waals surface area contributed by atoms with Gasteiger partial charge >= 0.3 is 27.6 Å². The summed E-state index contributed by atoms with van der Waals surface area (Å²) in [7, 11) is -6.30. The third-order valence-electron chi connectivity index (χ3n) is 1.70. The van der Waals surface area contributed by atoms with Crippen molar-refractivity contribution in [2.24, 2.45) is 5.73 Å². The highest BCUT2D eigenvalue weighted by molar-refractivity contribution is 7.90. The molecule has 122 valence electrons. The molecule has 0 heterocycles. The molecule has 1 amide bonds. The fourth-order valence-corrected chi connectivity index (χ4v) is 0.713. The highest BCUT2D eigenvalue weighted by atomic mass is 32.2.